The summed E-state index contributed by atoms with van der Waals surface area (Å²) in [5.41, 5.74) is 2.30. The van der Waals surface area contributed by atoms with Crippen molar-refractivity contribution in [1.29, 1.82) is 0 Å². The van der Waals surface area contributed by atoms with Gasteiger partial charge in [-0.05, 0) is 30.2 Å². The number of carbonyl (C=O) groups is 1. The highest BCUT2D eigenvalue weighted by atomic mass is 16.1. The largest absolute Gasteiger partial charge is 0.344 e. The number of nitrogens with one attached hydrogen (secondary N) is 1. The minimum atomic E-state index is -0.158. The Morgan fingerprint density at radius 2 is 1.95 bits per heavy atom. The molecule has 1 aromatic carbocycles. The minimum absolute atomic E-state index is 0.0105. The predicted molar refractivity (Wildman–Crippen MR) is 86.5 cm³/mol. The van der Waals surface area contributed by atoms with Gasteiger partial charge in [0.05, 0.1) is 11.6 Å². The summed E-state index contributed by atoms with van der Waals surface area (Å²) in [6.07, 6.45) is 4.24. The molecule has 0 bridgehead atoms. The molecular formula is C18H17N3O. The Morgan fingerprint density at radius 3 is 2.73 bits per heavy atom. The number of carbonyl (C=O) groups excluding carboxylic acids is 1. The second-order valence-corrected chi connectivity index (χ2v) is 5.11. The van der Waals surface area contributed by atoms with Gasteiger partial charge in [-0.25, -0.2) is 4.98 Å². The molecule has 3 rings (SSSR count). The van der Waals surface area contributed by atoms with E-state index in [-0.39, 0.29) is 11.9 Å². The molecule has 1 amide bonds. The predicted octanol–water partition coefficient (Wildman–Crippen LogP) is 3.51. The third-order valence-corrected chi connectivity index (χ3v) is 3.64. The van der Waals surface area contributed by atoms with Gasteiger partial charge in [0.1, 0.15) is 5.69 Å². The first-order valence-electron chi connectivity index (χ1n) is 7.34. The molecule has 0 aliphatic rings. The molecule has 2 heterocycles. The van der Waals surface area contributed by atoms with E-state index >= 15 is 0 Å². The number of pyridine rings is 2. The topological polar surface area (TPSA) is 54.9 Å². The van der Waals surface area contributed by atoms with Gasteiger partial charge < -0.3 is 5.32 Å². The average Bonchev–Trinajstić information content (AvgIpc) is 2.59. The molecule has 0 aliphatic heterocycles. The van der Waals surface area contributed by atoms with E-state index in [2.05, 4.69) is 22.2 Å². The highest BCUT2D eigenvalue weighted by Crippen LogP contribution is 2.17. The Balaban J connectivity index is 1.83. The summed E-state index contributed by atoms with van der Waals surface area (Å²) in [5.74, 6) is -0.158. The maximum atomic E-state index is 12.4. The highest BCUT2D eigenvalue weighted by Gasteiger charge is 2.15. The second kappa shape index (κ2) is 6.35. The van der Waals surface area contributed by atoms with Crippen molar-refractivity contribution in [2.75, 3.05) is 0 Å². The fourth-order valence-corrected chi connectivity index (χ4v) is 2.43. The smallest absolute Gasteiger partial charge is 0.270 e. The van der Waals surface area contributed by atoms with E-state index in [1.165, 1.54) is 0 Å². The van der Waals surface area contributed by atoms with E-state index in [0.717, 1.165) is 22.9 Å². The van der Waals surface area contributed by atoms with Crippen LogP contribution in [0.15, 0.2) is 60.9 Å². The van der Waals surface area contributed by atoms with Gasteiger partial charge in [0.15, 0.2) is 0 Å². The van der Waals surface area contributed by atoms with Crippen LogP contribution in [0.1, 0.15) is 35.4 Å². The summed E-state index contributed by atoms with van der Waals surface area (Å²) >= 11 is 0. The third-order valence-electron chi connectivity index (χ3n) is 3.64. The number of rotatable bonds is 4. The Morgan fingerprint density at radius 1 is 1.14 bits per heavy atom. The molecule has 2 aromatic heterocycles. The molecule has 1 atom stereocenters. The van der Waals surface area contributed by atoms with Crippen molar-refractivity contribution in [3.8, 4) is 0 Å². The zero-order chi connectivity index (χ0) is 15.4. The Hall–Kier alpha value is -2.75. The summed E-state index contributed by atoms with van der Waals surface area (Å²) in [7, 11) is 0. The molecule has 1 N–H and O–H groups in total. The number of amides is 1. The molecule has 0 radical (unpaired) electrons. The van der Waals surface area contributed by atoms with Gasteiger partial charge in [-0.1, -0.05) is 37.3 Å². The minimum Gasteiger partial charge on any atom is -0.344 e. The highest BCUT2D eigenvalue weighted by molar-refractivity contribution is 5.94. The second-order valence-electron chi connectivity index (χ2n) is 5.11. The first-order valence-corrected chi connectivity index (χ1v) is 7.34. The molecule has 0 saturated heterocycles. The maximum Gasteiger partial charge on any atom is 0.270 e. The van der Waals surface area contributed by atoms with E-state index in [0.29, 0.717) is 5.69 Å². The molecule has 110 valence electrons. The number of fused-ring (bicyclic) bond motifs is 1. The molecule has 0 aliphatic carbocycles. The molecule has 4 nitrogen and oxygen atoms in total. The molecule has 4 heteroatoms. The number of nitrogens with zero attached hydrogens (tertiary/aromatic N) is 2. The van der Waals surface area contributed by atoms with Crippen LogP contribution in [0.3, 0.4) is 0 Å². The van der Waals surface area contributed by atoms with E-state index in [9.17, 15) is 4.79 Å². The Labute approximate surface area is 129 Å². The van der Waals surface area contributed by atoms with Crippen LogP contribution in [0.5, 0.6) is 0 Å². The van der Waals surface area contributed by atoms with Crippen LogP contribution >= 0.6 is 0 Å². The normalized spacial score (nSPS) is 12.0. The summed E-state index contributed by atoms with van der Waals surface area (Å²) in [5, 5.41) is 3.97. The van der Waals surface area contributed by atoms with Crippen molar-refractivity contribution in [3.05, 3.63) is 72.2 Å². The fraction of sp³-hybridized carbons (Fsp3) is 0.167. The number of hydrogen-bond donors (Lipinski definition) is 1. The van der Waals surface area contributed by atoms with Gasteiger partial charge in [0, 0.05) is 17.8 Å². The zero-order valence-corrected chi connectivity index (χ0v) is 12.4. The SMILES string of the molecule is CC[C@H](NC(=O)c1ccc2cnccc2n1)c1ccccc1. The van der Waals surface area contributed by atoms with Gasteiger partial charge in [-0.3, -0.25) is 9.78 Å². The third kappa shape index (κ3) is 2.96. The van der Waals surface area contributed by atoms with E-state index in [1.54, 1.807) is 24.5 Å². The summed E-state index contributed by atoms with van der Waals surface area (Å²) < 4.78 is 0. The molecule has 0 unspecified atom stereocenters. The van der Waals surface area contributed by atoms with Gasteiger partial charge in [0.25, 0.3) is 5.91 Å². The number of aromatic nitrogens is 2. The lowest BCUT2D eigenvalue weighted by atomic mass is 10.0. The van der Waals surface area contributed by atoms with Crippen molar-refractivity contribution in [2.24, 2.45) is 0 Å². The van der Waals surface area contributed by atoms with Gasteiger partial charge in [-0.15, -0.1) is 0 Å². The maximum absolute atomic E-state index is 12.4. The van der Waals surface area contributed by atoms with Crippen LogP contribution in [-0.2, 0) is 0 Å². The summed E-state index contributed by atoms with van der Waals surface area (Å²) in [4.78, 5) is 20.9. The first kappa shape index (κ1) is 14.2. The van der Waals surface area contributed by atoms with Crippen molar-refractivity contribution in [1.82, 2.24) is 15.3 Å². The Bertz CT molecular complexity index is 786. The van der Waals surface area contributed by atoms with E-state index in [4.69, 9.17) is 0 Å². The van der Waals surface area contributed by atoms with Crippen LogP contribution < -0.4 is 5.32 Å². The van der Waals surface area contributed by atoms with Gasteiger partial charge >= 0.3 is 0 Å². The number of benzene rings is 1. The van der Waals surface area contributed by atoms with Gasteiger partial charge in [-0.2, -0.15) is 0 Å². The van der Waals surface area contributed by atoms with Crippen molar-refractivity contribution >= 4 is 16.8 Å². The van der Waals surface area contributed by atoms with Crippen LogP contribution in [0, 0.1) is 0 Å². The standard InChI is InChI=1S/C18H17N3O/c1-2-15(13-6-4-3-5-7-13)21-18(22)17-9-8-14-12-19-11-10-16(14)20-17/h3-12,15H,2H2,1H3,(H,21,22)/t15-/m0/s1. The van der Waals surface area contributed by atoms with Crippen molar-refractivity contribution < 1.29 is 4.79 Å². The lowest BCUT2D eigenvalue weighted by Crippen LogP contribution is -2.28. The molecule has 3 aromatic rings. The molecule has 0 spiro atoms. The lowest BCUT2D eigenvalue weighted by molar-refractivity contribution is 0.0931. The van der Waals surface area contributed by atoms with Crippen LogP contribution in [0.2, 0.25) is 0 Å². The van der Waals surface area contributed by atoms with Gasteiger partial charge in [0.2, 0.25) is 0 Å². The van der Waals surface area contributed by atoms with Crippen molar-refractivity contribution in [2.45, 2.75) is 19.4 Å². The van der Waals surface area contributed by atoms with Crippen LogP contribution in [0.25, 0.3) is 10.9 Å². The molecular weight excluding hydrogens is 274 g/mol. The monoisotopic (exact) mass is 291 g/mol. The van der Waals surface area contributed by atoms with Crippen LogP contribution in [0.4, 0.5) is 0 Å². The number of hydrogen-bond acceptors (Lipinski definition) is 3. The first-order chi connectivity index (χ1) is 10.8. The average molecular weight is 291 g/mol. The quantitative estimate of drug-likeness (QED) is 0.800. The van der Waals surface area contributed by atoms with Crippen LogP contribution in [-0.4, -0.2) is 15.9 Å². The van der Waals surface area contributed by atoms with E-state index in [1.807, 2.05) is 36.4 Å². The fourth-order valence-electron chi connectivity index (χ4n) is 2.43. The molecule has 0 fully saturated rings. The lowest BCUT2D eigenvalue weighted by Gasteiger charge is -2.17. The van der Waals surface area contributed by atoms with Crippen molar-refractivity contribution in [3.63, 3.8) is 0 Å². The van der Waals surface area contributed by atoms with E-state index < -0.39 is 0 Å². The zero-order valence-electron chi connectivity index (χ0n) is 12.4. The molecule has 0 saturated carbocycles. The Kier molecular flexibility index (Phi) is 4.10. The summed E-state index contributed by atoms with van der Waals surface area (Å²) in [6.45, 7) is 2.05. The molecule has 22 heavy (non-hydrogen) atoms. The summed E-state index contributed by atoms with van der Waals surface area (Å²) in [6, 6.07) is 15.4.